The molecule has 0 bridgehead atoms. The van der Waals surface area contributed by atoms with Crippen molar-refractivity contribution in [3.63, 3.8) is 0 Å². The lowest BCUT2D eigenvalue weighted by atomic mass is 10.1. The van der Waals surface area contributed by atoms with Gasteiger partial charge in [0.15, 0.2) is 0 Å². The van der Waals surface area contributed by atoms with E-state index in [1.165, 1.54) is 11.1 Å². The lowest BCUT2D eigenvalue weighted by molar-refractivity contribution is -0.136. The smallest absolute Gasteiger partial charge is 0.305 e. The lowest BCUT2D eigenvalue weighted by Crippen LogP contribution is -2.25. The minimum Gasteiger partial charge on any atom is -0.481 e. The Balaban J connectivity index is 1.59. The molecule has 2 amide bonds. The fraction of sp³-hybridized carbons (Fsp3) is 0.250. The minimum absolute atomic E-state index is 0.0744. The standard InChI is InChI=1S/C20H20N2O4/c23-18(24)10-11-21-19(25)14-6-8-17(9-7-14)22-20(26)16-5-4-13-2-1-3-15(13)12-16/h4-9,12H,1-3,10-11H2,(H,21,25)(H,22,26)(H,23,24). The van der Waals surface area contributed by atoms with Crippen molar-refractivity contribution in [2.75, 3.05) is 11.9 Å². The van der Waals surface area contributed by atoms with E-state index in [-0.39, 0.29) is 24.8 Å². The van der Waals surface area contributed by atoms with Crippen LogP contribution in [-0.4, -0.2) is 29.4 Å². The lowest BCUT2D eigenvalue weighted by Gasteiger charge is -2.08. The molecular weight excluding hydrogens is 332 g/mol. The summed E-state index contributed by atoms with van der Waals surface area (Å²) in [5.74, 6) is -1.49. The fourth-order valence-corrected chi connectivity index (χ4v) is 3.01. The number of carbonyl (C=O) groups excluding carboxylic acids is 2. The maximum Gasteiger partial charge on any atom is 0.305 e. The van der Waals surface area contributed by atoms with Gasteiger partial charge in [-0.1, -0.05) is 6.07 Å². The van der Waals surface area contributed by atoms with Crippen molar-refractivity contribution in [3.05, 3.63) is 64.7 Å². The van der Waals surface area contributed by atoms with Crippen LogP contribution >= 0.6 is 0 Å². The van der Waals surface area contributed by atoms with E-state index in [2.05, 4.69) is 10.6 Å². The second-order valence-electron chi connectivity index (χ2n) is 6.27. The molecule has 0 radical (unpaired) electrons. The molecule has 0 atom stereocenters. The van der Waals surface area contributed by atoms with Gasteiger partial charge in [-0.25, -0.2) is 0 Å². The van der Waals surface area contributed by atoms with Crippen LogP contribution in [0.15, 0.2) is 42.5 Å². The Morgan fingerprint density at radius 3 is 2.31 bits per heavy atom. The Labute approximate surface area is 151 Å². The van der Waals surface area contributed by atoms with E-state index >= 15 is 0 Å². The molecule has 2 aromatic carbocycles. The summed E-state index contributed by atoms with van der Waals surface area (Å²) in [6.07, 6.45) is 3.10. The number of nitrogens with one attached hydrogen (secondary N) is 2. The molecule has 0 saturated heterocycles. The van der Waals surface area contributed by atoms with Crippen molar-refractivity contribution < 1.29 is 19.5 Å². The number of carboxylic acids is 1. The largest absolute Gasteiger partial charge is 0.481 e. The van der Waals surface area contributed by atoms with Crippen LogP contribution < -0.4 is 10.6 Å². The Morgan fingerprint density at radius 2 is 1.58 bits per heavy atom. The molecule has 6 nitrogen and oxygen atoms in total. The van der Waals surface area contributed by atoms with Gasteiger partial charge >= 0.3 is 5.97 Å². The summed E-state index contributed by atoms with van der Waals surface area (Å²) in [6.45, 7) is 0.0744. The SMILES string of the molecule is O=C(O)CCNC(=O)c1ccc(NC(=O)c2ccc3c(c2)CCC3)cc1. The highest BCUT2D eigenvalue weighted by Crippen LogP contribution is 2.23. The minimum atomic E-state index is -0.963. The van der Waals surface area contributed by atoms with Crippen LogP contribution in [-0.2, 0) is 17.6 Å². The molecule has 26 heavy (non-hydrogen) atoms. The average molecular weight is 352 g/mol. The Hall–Kier alpha value is -3.15. The topological polar surface area (TPSA) is 95.5 Å². The monoisotopic (exact) mass is 352 g/mol. The number of carboxylic acid groups (broad SMARTS) is 1. The van der Waals surface area contributed by atoms with Gasteiger partial charge in [-0.15, -0.1) is 0 Å². The van der Waals surface area contributed by atoms with Gasteiger partial charge in [-0.05, 0) is 66.8 Å². The fourth-order valence-electron chi connectivity index (χ4n) is 3.01. The zero-order valence-electron chi connectivity index (χ0n) is 14.2. The Bertz CT molecular complexity index is 843. The number of aliphatic carboxylic acids is 1. The number of rotatable bonds is 6. The first-order valence-electron chi connectivity index (χ1n) is 8.56. The summed E-state index contributed by atoms with van der Waals surface area (Å²) >= 11 is 0. The molecule has 134 valence electrons. The van der Waals surface area contributed by atoms with Crippen LogP contribution in [0.2, 0.25) is 0 Å². The third-order valence-electron chi connectivity index (χ3n) is 4.39. The highest BCUT2D eigenvalue weighted by Gasteiger charge is 2.14. The van der Waals surface area contributed by atoms with Crippen molar-refractivity contribution in [2.24, 2.45) is 0 Å². The van der Waals surface area contributed by atoms with Crippen LogP contribution in [0.3, 0.4) is 0 Å². The number of hydrogen-bond donors (Lipinski definition) is 3. The van der Waals surface area contributed by atoms with Crippen LogP contribution in [0.1, 0.15) is 44.7 Å². The molecule has 1 aliphatic carbocycles. The number of carbonyl (C=O) groups is 3. The van der Waals surface area contributed by atoms with Gasteiger partial charge in [-0.3, -0.25) is 14.4 Å². The van der Waals surface area contributed by atoms with Gasteiger partial charge in [0.1, 0.15) is 0 Å². The number of benzene rings is 2. The number of amides is 2. The third-order valence-corrected chi connectivity index (χ3v) is 4.39. The van der Waals surface area contributed by atoms with E-state index in [0.29, 0.717) is 16.8 Å². The van der Waals surface area contributed by atoms with Gasteiger partial charge < -0.3 is 15.7 Å². The molecule has 0 aliphatic heterocycles. The zero-order chi connectivity index (χ0) is 18.5. The number of hydrogen-bond acceptors (Lipinski definition) is 3. The van der Waals surface area contributed by atoms with Gasteiger partial charge in [0.25, 0.3) is 11.8 Å². The van der Waals surface area contributed by atoms with Crippen molar-refractivity contribution >= 4 is 23.5 Å². The van der Waals surface area contributed by atoms with E-state index in [0.717, 1.165) is 19.3 Å². The summed E-state index contributed by atoms with van der Waals surface area (Å²) in [5, 5.41) is 13.9. The van der Waals surface area contributed by atoms with Crippen molar-refractivity contribution in [1.29, 1.82) is 0 Å². The van der Waals surface area contributed by atoms with Crippen molar-refractivity contribution in [3.8, 4) is 0 Å². The first-order valence-corrected chi connectivity index (χ1v) is 8.56. The Morgan fingerprint density at radius 1 is 0.885 bits per heavy atom. The molecule has 2 aromatic rings. The van der Waals surface area contributed by atoms with Crippen LogP contribution in [0, 0.1) is 0 Å². The molecular formula is C20H20N2O4. The molecule has 0 aromatic heterocycles. The van der Waals surface area contributed by atoms with E-state index in [1.54, 1.807) is 24.3 Å². The summed E-state index contributed by atoms with van der Waals surface area (Å²) < 4.78 is 0. The van der Waals surface area contributed by atoms with Crippen LogP contribution in [0.5, 0.6) is 0 Å². The number of anilines is 1. The second-order valence-corrected chi connectivity index (χ2v) is 6.27. The van der Waals surface area contributed by atoms with Gasteiger partial charge in [0, 0.05) is 23.4 Å². The van der Waals surface area contributed by atoms with Gasteiger partial charge in [0.05, 0.1) is 6.42 Å². The predicted molar refractivity (Wildman–Crippen MR) is 97.4 cm³/mol. The molecule has 3 rings (SSSR count). The number of fused-ring (bicyclic) bond motifs is 1. The van der Waals surface area contributed by atoms with E-state index in [9.17, 15) is 14.4 Å². The summed E-state index contributed by atoms with van der Waals surface area (Å²) in [6, 6.07) is 12.3. The predicted octanol–water partition coefficient (Wildman–Crippen LogP) is 2.63. The maximum atomic E-state index is 12.4. The first kappa shape index (κ1) is 17.7. The van der Waals surface area contributed by atoms with Crippen LogP contribution in [0.4, 0.5) is 5.69 Å². The summed E-state index contributed by atoms with van der Waals surface area (Å²) in [4.78, 5) is 34.7. The first-order chi connectivity index (χ1) is 12.5. The normalized spacial score (nSPS) is 12.3. The van der Waals surface area contributed by atoms with Crippen molar-refractivity contribution in [2.45, 2.75) is 25.7 Å². The summed E-state index contributed by atoms with van der Waals surface area (Å²) in [5.41, 5.74) is 4.19. The Kier molecular flexibility index (Phi) is 5.31. The molecule has 0 saturated carbocycles. The van der Waals surface area contributed by atoms with Gasteiger partial charge in [-0.2, -0.15) is 0 Å². The van der Waals surface area contributed by atoms with E-state index in [1.807, 2.05) is 18.2 Å². The average Bonchev–Trinajstić information content (AvgIpc) is 3.09. The molecule has 1 aliphatic rings. The summed E-state index contributed by atoms with van der Waals surface area (Å²) in [7, 11) is 0. The highest BCUT2D eigenvalue weighted by atomic mass is 16.4. The number of aryl methyl sites for hydroxylation is 2. The third kappa shape index (κ3) is 4.27. The van der Waals surface area contributed by atoms with Crippen LogP contribution in [0.25, 0.3) is 0 Å². The second kappa shape index (κ2) is 7.82. The molecule has 0 spiro atoms. The molecule has 0 unspecified atom stereocenters. The molecule has 3 N–H and O–H groups in total. The maximum absolute atomic E-state index is 12.4. The molecule has 6 heteroatoms. The molecule has 0 heterocycles. The van der Waals surface area contributed by atoms with E-state index < -0.39 is 5.97 Å². The van der Waals surface area contributed by atoms with Gasteiger partial charge in [0.2, 0.25) is 0 Å². The highest BCUT2D eigenvalue weighted by molar-refractivity contribution is 6.04. The zero-order valence-corrected chi connectivity index (χ0v) is 14.2. The van der Waals surface area contributed by atoms with Crippen molar-refractivity contribution in [1.82, 2.24) is 5.32 Å². The van der Waals surface area contributed by atoms with E-state index in [4.69, 9.17) is 5.11 Å². The quantitative estimate of drug-likeness (QED) is 0.745. The molecule has 0 fully saturated rings.